The van der Waals surface area contributed by atoms with Gasteiger partial charge in [0.15, 0.2) is 5.78 Å². The highest BCUT2D eigenvalue weighted by molar-refractivity contribution is 7.99. The number of rotatable bonds is 19. The van der Waals surface area contributed by atoms with Crippen molar-refractivity contribution in [2.24, 2.45) is 5.92 Å². The van der Waals surface area contributed by atoms with E-state index in [4.69, 9.17) is 18.5 Å². The van der Waals surface area contributed by atoms with Gasteiger partial charge in [-0.2, -0.15) is 11.8 Å². The number of amides is 2. The summed E-state index contributed by atoms with van der Waals surface area (Å²) < 4.78 is 52.5. The normalized spacial score (nSPS) is 12.9. The van der Waals surface area contributed by atoms with Crippen LogP contribution in [0.5, 0.6) is 11.5 Å². The molecular weight excluding hydrogens is 771 g/mol. The molecule has 0 aliphatic rings. The molecule has 4 rings (SSSR count). The topological polar surface area (TPSA) is 129 Å². The number of benzene rings is 4. The zero-order valence-corrected chi connectivity index (χ0v) is 33.9. The van der Waals surface area contributed by atoms with Crippen LogP contribution in [0.1, 0.15) is 37.5 Å². The molecule has 4 aromatic carbocycles. The van der Waals surface area contributed by atoms with Gasteiger partial charge in [0, 0.05) is 15.4 Å². The van der Waals surface area contributed by atoms with Crippen LogP contribution in [0.4, 0.5) is 9.18 Å². The minimum atomic E-state index is -4.31. The van der Waals surface area contributed by atoms with E-state index in [9.17, 15) is 23.3 Å². The van der Waals surface area contributed by atoms with Crippen molar-refractivity contribution in [3.8, 4) is 11.5 Å². The number of hydrogen-bond acceptors (Lipinski definition) is 11. The monoisotopic (exact) mass is 814 g/mol. The number of thioether (sulfide) groups is 3. The van der Waals surface area contributed by atoms with E-state index >= 15 is 0 Å². The Morgan fingerprint density at radius 3 is 1.81 bits per heavy atom. The standard InChI is InChI=1S/C39H44FN2O8PS3/c1-26(2)37(51(46,49-30-15-19-32(53-4)20-16-30)50-31-17-21-33(54-5)22-18-31)42-36(43)35(28-11-13-29(40)14-12-28)48-38(44)34(23-24-52-3)41-39(45)47-25-27-9-7-6-8-10-27/h6-22,26,34-35,37H,23-25H2,1-5H3,(H,41,45)(H,42,43)/t34-,35-,37-/m0/s1. The summed E-state index contributed by atoms with van der Waals surface area (Å²) in [4.78, 5) is 42.7. The molecule has 15 heteroatoms. The Morgan fingerprint density at radius 2 is 1.31 bits per heavy atom. The minimum Gasteiger partial charge on any atom is -0.446 e. The maximum absolute atomic E-state index is 15.0. The fraction of sp³-hybridized carbons (Fsp3) is 0.308. The van der Waals surface area contributed by atoms with Gasteiger partial charge in [-0.25, -0.2) is 18.5 Å². The number of carbonyl (C=O) groups excluding carboxylic acids is 3. The number of carbonyl (C=O) groups is 3. The Balaban J connectivity index is 1.63. The second-order valence-electron chi connectivity index (χ2n) is 12.2. The van der Waals surface area contributed by atoms with Crippen molar-refractivity contribution < 1.29 is 41.9 Å². The zero-order chi connectivity index (χ0) is 39.1. The van der Waals surface area contributed by atoms with Crippen LogP contribution >= 0.6 is 42.9 Å². The van der Waals surface area contributed by atoms with Crippen molar-refractivity contribution in [2.75, 3.05) is 24.5 Å². The lowest BCUT2D eigenvalue weighted by atomic mass is 10.1. The average molecular weight is 815 g/mol. The van der Waals surface area contributed by atoms with E-state index in [1.807, 2.05) is 61.2 Å². The van der Waals surface area contributed by atoms with Crippen molar-refractivity contribution >= 4 is 60.9 Å². The molecule has 2 amide bonds. The highest BCUT2D eigenvalue weighted by Gasteiger charge is 2.44. The van der Waals surface area contributed by atoms with Crippen molar-refractivity contribution in [1.29, 1.82) is 0 Å². The van der Waals surface area contributed by atoms with Gasteiger partial charge < -0.3 is 29.2 Å². The van der Waals surface area contributed by atoms with E-state index in [1.165, 1.54) is 47.4 Å². The predicted molar refractivity (Wildman–Crippen MR) is 214 cm³/mol. The Kier molecular flexibility index (Phi) is 16.7. The molecule has 3 atom stereocenters. The molecule has 0 bridgehead atoms. The molecule has 0 fully saturated rings. The van der Waals surface area contributed by atoms with Gasteiger partial charge in [0.05, 0.1) is 0 Å². The molecule has 288 valence electrons. The van der Waals surface area contributed by atoms with Gasteiger partial charge in [0.2, 0.25) is 6.10 Å². The third kappa shape index (κ3) is 12.8. The average Bonchev–Trinajstić information content (AvgIpc) is 3.17. The Hall–Kier alpha value is -4.10. The van der Waals surface area contributed by atoms with Crippen LogP contribution in [0, 0.1) is 11.7 Å². The first-order valence-corrected chi connectivity index (χ1v) is 22.4. The number of esters is 1. The van der Waals surface area contributed by atoms with Gasteiger partial charge >= 0.3 is 19.7 Å². The molecular formula is C39H44FN2O8PS3. The van der Waals surface area contributed by atoms with E-state index in [1.54, 1.807) is 50.2 Å². The number of ether oxygens (including phenoxy) is 2. The maximum Gasteiger partial charge on any atom is 0.453 e. The lowest BCUT2D eigenvalue weighted by molar-refractivity contribution is -0.158. The first kappa shape index (κ1) is 42.6. The Labute approximate surface area is 328 Å². The van der Waals surface area contributed by atoms with Gasteiger partial charge in [0.25, 0.3) is 5.91 Å². The van der Waals surface area contributed by atoms with E-state index in [2.05, 4.69) is 10.6 Å². The molecule has 0 aliphatic heterocycles. The summed E-state index contributed by atoms with van der Waals surface area (Å²) in [5.74, 6) is -3.19. The zero-order valence-electron chi connectivity index (χ0n) is 30.6. The van der Waals surface area contributed by atoms with Crippen LogP contribution in [-0.2, 0) is 30.2 Å². The van der Waals surface area contributed by atoms with Gasteiger partial charge in [-0.1, -0.05) is 56.3 Å². The third-order valence-corrected chi connectivity index (χ3v) is 12.4. The lowest BCUT2D eigenvalue weighted by Crippen LogP contribution is -2.46. The molecule has 0 aromatic heterocycles. The SMILES string of the molecule is CSCC[C@H](NC(=O)OCc1ccccc1)C(=O)O[C@H](C(=O)N[C@H](C(C)C)P(=O)(Oc1ccc(SC)cc1)Oc1ccc(SC)cc1)c1ccc(F)cc1. The summed E-state index contributed by atoms with van der Waals surface area (Å²) in [5, 5.41) is 5.33. The molecule has 0 aliphatic carbocycles. The molecule has 2 N–H and O–H groups in total. The van der Waals surface area contributed by atoms with Gasteiger partial charge in [0.1, 0.15) is 30.0 Å². The van der Waals surface area contributed by atoms with E-state index in [-0.39, 0.29) is 30.1 Å². The molecule has 0 saturated carbocycles. The van der Waals surface area contributed by atoms with E-state index < -0.39 is 55.2 Å². The second-order valence-corrected chi connectivity index (χ2v) is 16.9. The summed E-state index contributed by atoms with van der Waals surface area (Å²) >= 11 is 4.50. The molecule has 0 radical (unpaired) electrons. The summed E-state index contributed by atoms with van der Waals surface area (Å²) in [6.45, 7) is 3.45. The number of nitrogens with one attached hydrogen (secondary N) is 2. The quantitative estimate of drug-likeness (QED) is 0.0534. The first-order valence-electron chi connectivity index (χ1n) is 16.9. The first-order chi connectivity index (χ1) is 25.9. The summed E-state index contributed by atoms with van der Waals surface area (Å²) in [7, 11) is -4.31. The lowest BCUT2D eigenvalue weighted by Gasteiger charge is -2.32. The summed E-state index contributed by atoms with van der Waals surface area (Å²) in [5.41, 5.74) is 0.889. The van der Waals surface area contributed by atoms with Gasteiger partial charge in [-0.05, 0) is 103 Å². The fourth-order valence-electron chi connectivity index (χ4n) is 5.03. The number of hydrogen-bond donors (Lipinski definition) is 2. The molecule has 4 aromatic rings. The fourth-order valence-corrected chi connectivity index (χ4v) is 8.43. The van der Waals surface area contributed by atoms with Crippen molar-refractivity contribution in [3.63, 3.8) is 0 Å². The van der Waals surface area contributed by atoms with E-state index in [0.717, 1.165) is 27.5 Å². The largest absolute Gasteiger partial charge is 0.453 e. The second kappa shape index (κ2) is 21.1. The van der Waals surface area contributed by atoms with Gasteiger partial charge in [-0.15, -0.1) is 23.5 Å². The molecule has 54 heavy (non-hydrogen) atoms. The molecule has 10 nitrogen and oxygen atoms in total. The van der Waals surface area contributed by atoms with Crippen LogP contribution in [0.2, 0.25) is 0 Å². The third-order valence-electron chi connectivity index (χ3n) is 7.89. The van der Waals surface area contributed by atoms with Gasteiger partial charge in [-0.3, -0.25) is 4.79 Å². The van der Waals surface area contributed by atoms with Crippen LogP contribution in [0.15, 0.2) is 113 Å². The molecule has 0 unspecified atom stereocenters. The Bertz CT molecular complexity index is 1800. The summed E-state index contributed by atoms with van der Waals surface area (Å²) in [6, 6.07) is 26.6. The molecule has 0 heterocycles. The molecule has 0 saturated heterocycles. The van der Waals surface area contributed by atoms with Crippen molar-refractivity contribution in [2.45, 2.75) is 54.6 Å². The highest BCUT2D eigenvalue weighted by atomic mass is 32.2. The minimum absolute atomic E-state index is 0.0260. The van der Waals surface area contributed by atoms with Crippen molar-refractivity contribution in [1.82, 2.24) is 10.6 Å². The predicted octanol–water partition coefficient (Wildman–Crippen LogP) is 9.35. The summed E-state index contributed by atoms with van der Waals surface area (Å²) in [6.07, 6.45) is 3.36. The highest BCUT2D eigenvalue weighted by Crippen LogP contribution is 2.54. The van der Waals surface area contributed by atoms with Crippen LogP contribution in [0.25, 0.3) is 0 Å². The smallest absolute Gasteiger partial charge is 0.446 e. The number of halogens is 1. The van der Waals surface area contributed by atoms with Crippen LogP contribution in [0.3, 0.4) is 0 Å². The maximum atomic E-state index is 15.0. The van der Waals surface area contributed by atoms with Crippen molar-refractivity contribution in [3.05, 3.63) is 120 Å². The Morgan fingerprint density at radius 1 is 0.759 bits per heavy atom. The van der Waals surface area contributed by atoms with E-state index in [0.29, 0.717) is 5.75 Å². The molecule has 0 spiro atoms. The number of alkyl carbamates (subject to hydrolysis) is 1. The van der Waals surface area contributed by atoms with Crippen LogP contribution < -0.4 is 19.7 Å². The van der Waals surface area contributed by atoms with Crippen LogP contribution in [-0.4, -0.2) is 54.3 Å².